The third-order valence-electron chi connectivity index (χ3n) is 6.50. The molecule has 1 aromatic heterocycles. The predicted molar refractivity (Wildman–Crippen MR) is 137 cm³/mol. The third-order valence-corrected chi connectivity index (χ3v) is 6.50. The van der Waals surface area contributed by atoms with E-state index in [1.165, 1.54) is 6.42 Å². The average Bonchev–Trinajstić information content (AvgIpc) is 3.32. The molecule has 4 aromatic rings. The fourth-order valence-electron chi connectivity index (χ4n) is 4.79. The van der Waals surface area contributed by atoms with E-state index in [0.717, 1.165) is 42.6 Å². The minimum atomic E-state index is -1.07. The van der Waals surface area contributed by atoms with Crippen molar-refractivity contribution in [2.24, 2.45) is 5.18 Å². The number of aromatic nitrogens is 2. The molecule has 0 radical (unpaired) electrons. The van der Waals surface area contributed by atoms with E-state index in [-0.39, 0.29) is 11.6 Å². The number of nitroso groups, excluding NO2 is 1. The molecule has 1 N–H and O–H groups in total. The van der Waals surface area contributed by atoms with Crippen LogP contribution in [0.4, 0.5) is 0 Å². The predicted octanol–water partition coefficient (Wildman–Crippen LogP) is 6.37. The maximum atomic E-state index is 11.8. The first kappa shape index (κ1) is 24.2. The molecule has 0 unspecified atom stereocenters. The lowest BCUT2D eigenvalue weighted by Crippen LogP contribution is -2.14. The van der Waals surface area contributed by atoms with E-state index >= 15 is 0 Å². The number of benzene rings is 3. The molecule has 1 heterocycles. The number of fused-ring (bicyclic) bond motifs is 1. The first-order valence-electron chi connectivity index (χ1n) is 12.1. The molecule has 0 atom stereocenters. The van der Waals surface area contributed by atoms with E-state index in [1.54, 1.807) is 36.4 Å². The van der Waals surface area contributed by atoms with Crippen LogP contribution in [0.3, 0.4) is 0 Å². The van der Waals surface area contributed by atoms with Crippen LogP contribution in [0.15, 0.2) is 71.9 Å². The van der Waals surface area contributed by atoms with Gasteiger partial charge >= 0.3 is 11.9 Å². The van der Waals surface area contributed by atoms with Gasteiger partial charge in [0.15, 0.2) is 18.1 Å². The lowest BCUT2D eigenvalue weighted by Gasteiger charge is -2.25. The van der Waals surface area contributed by atoms with Crippen LogP contribution in [0.5, 0.6) is 17.2 Å². The van der Waals surface area contributed by atoms with Gasteiger partial charge < -0.3 is 19.1 Å². The van der Waals surface area contributed by atoms with Gasteiger partial charge in [-0.2, -0.15) is 0 Å². The zero-order valence-electron chi connectivity index (χ0n) is 20.0. The summed E-state index contributed by atoms with van der Waals surface area (Å²) in [5.41, 5.74) is 2.65. The van der Waals surface area contributed by atoms with Crippen LogP contribution in [-0.2, 0) is 4.79 Å². The largest absolute Gasteiger partial charge is 0.479 e. The van der Waals surface area contributed by atoms with E-state index in [4.69, 9.17) is 19.6 Å². The summed E-state index contributed by atoms with van der Waals surface area (Å²) >= 11 is 0. The quantitative estimate of drug-likeness (QED) is 0.280. The molecule has 1 saturated carbocycles. The van der Waals surface area contributed by atoms with E-state index in [9.17, 15) is 14.5 Å². The van der Waals surface area contributed by atoms with Gasteiger partial charge in [0.2, 0.25) is 0 Å². The number of imidazole rings is 1. The number of aliphatic carboxylic acids is 1. The Bertz CT molecular complexity index is 1450. The van der Waals surface area contributed by atoms with Crippen molar-refractivity contribution >= 4 is 22.9 Å². The summed E-state index contributed by atoms with van der Waals surface area (Å²) in [4.78, 5) is 38.3. The Morgan fingerprint density at radius 3 is 2.41 bits per heavy atom. The Morgan fingerprint density at radius 1 is 0.973 bits per heavy atom. The highest BCUT2D eigenvalue weighted by Crippen LogP contribution is 2.37. The number of carbonyl (C=O) groups is 2. The number of ether oxygens (including phenoxy) is 2. The van der Waals surface area contributed by atoms with Gasteiger partial charge in [-0.05, 0) is 67.4 Å². The summed E-state index contributed by atoms with van der Waals surface area (Å²) < 4.78 is 13.5. The standard InChI is InChI=1S/C28H25N3O6/c32-26(33)17-36-24-8-4-5-9-25(24)37-21-13-10-18(11-14-21)27-29-22-16-19(28(34)30-35)12-15-23(22)31(27)20-6-2-1-3-7-20/h4-5,8-16,20H,1-3,6-7,17H2,(H,32,33). The Labute approximate surface area is 212 Å². The van der Waals surface area contributed by atoms with Crippen molar-refractivity contribution in [3.05, 3.63) is 77.2 Å². The summed E-state index contributed by atoms with van der Waals surface area (Å²) in [6.07, 6.45) is 5.59. The molecule has 0 spiro atoms. The highest BCUT2D eigenvalue weighted by Gasteiger charge is 2.23. The second kappa shape index (κ2) is 10.6. The van der Waals surface area contributed by atoms with Crippen molar-refractivity contribution in [3.8, 4) is 28.6 Å². The highest BCUT2D eigenvalue weighted by atomic mass is 16.5. The molecule has 1 aliphatic carbocycles. The Balaban J connectivity index is 1.48. The van der Waals surface area contributed by atoms with Crippen molar-refractivity contribution in [1.29, 1.82) is 0 Å². The fourth-order valence-corrected chi connectivity index (χ4v) is 4.79. The smallest absolute Gasteiger partial charge is 0.341 e. The molecular weight excluding hydrogens is 474 g/mol. The van der Waals surface area contributed by atoms with Crippen LogP contribution in [0.1, 0.15) is 48.5 Å². The number of para-hydroxylation sites is 2. The van der Waals surface area contributed by atoms with Crippen LogP contribution in [0.25, 0.3) is 22.4 Å². The van der Waals surface area contributed by atoms with Crippen LogP contribution < -0.4 is 9.47 Å². The summed E-state index contributed by atoms with van der Waals surface area (Å²) in [5, 5.41) is 11.4. The number of rotatable bonds is 8. The first-order valence-corrected chi connectivity index (χ1v) is 12.1. The van der Waals surface area contributed by atoms with E-state index < -0.39 is 18.5 Å². The molecule has 1 fully saturated rings. The van der Waals surface area contributed by atoms with Crippen LogP contribution in [0, 0.1) is 4.91 Å². The fraction of sp³-hybridized carbons (Fsp3) is 0.250. The number of carbonyl (C=O) groups excluding carboxylic acids is 1. The van der Waals surface area contributed by atoms with Gasteiger partial charge in [0.1, 0.15) is 11.6 Å². The van der Waals surface area contributed by atoms with Crippen LogP contribution >= 0.6 is 0 Å². The van der Waals surface area contributed by atoms with Gasteiger partial charge in [0.05, 0.1) is 11.0 Å². The summed E-state index contributed by atoms with van der Waals surface area (Å²) in [6.45, 7) is -0.465. The molecule has 1 amide bonds. The van der Waals surface area contributed by atoms with Gasteiger partial charge in [-0.1, -0.05) is 31.4 Å². The zero-order chi connectivity index (χ0) is 25.8. The van der Waals surface area contributed by atoms with Crippen molar-refractivity contribution < 1.29 is 24.2 Å². The molecule has 1 aliphatic rings. The van der Waals surface area contributed by atoms with Gasteiger partial charge in [-0.15, -0.1) is 4.91 Å². The third kappa shape index (κ3) is 5.20. The van der Waals surface area contributed by atoms with Crippen molar-refractivity contribution in [2.75, 3.05) is 6.61 Å². The topological polar surface area (TPSA) is 120 Å². The maximum Gasteiger partial charge on any atom is 0.341 e. The Hall–Kier alpha value is -4.53. The first-order chi connectivity index (χ1) is 18.0. The SMILES string of the molecule is O=NC(=O)c1ccc2c(c1)nc(-c1ccc(Oc3ccccc3OCC(=O)O)cc1)n2C1CCCCC1. The molecule has 9 nitrogen and oxygen atoms in total. The maximum absolute atomic E-state index is 11.8. The normalized spacial score (nSPS) is 13.8. The number of hydrogen-bond donors (Lipinski definition) is 1. The molecule has 0 aliphatic heterocycles. The van der Waals surface area contributed by atoms with Crippen molar-refractivity contribution in [3.63, 3.8) is 0 Å². The summed E-state index contributed by atoms with van der Waals surface area (Å²) in [6, 6.07) is 19.7. The van der Waals surface area contributed by atoms with Gasteiger partial charge in [0.25, 0.3) is 0 Å². The molecule has 3 aromatic carbocycles. The number of nitrogens with zero attached hydrogens (tertiary/aromatic N) is 3. The molecule has 37 heavy (non-hydrogen) atoms. The lowest BCUT2D eigenvalue weighted by molar-refractivity contribution is -0.139. The zero-order valence-corrected chi connectivity index (χ0v) is 20.0. The molecule has 9 heteroatoms. The molecule has 0 saturated heterocycles. The van der Waals surface area contributed by atoms with Gasteiger partial charge in [-0.3, -0.25) is 4.79 Å². The van der Waals surface area contributed by atoms with E-state index in [2.05, 4.69) is 9.74 Å². The molecule has 188 valence electrons. The number of hydrogen-bond acceptors (Lipinski definition) is 6. The molecular formula is C28H25N3O6. The Kier molecular flexibility index (Phi) is 6.93. The summed E-state index contributed by atoms with van der Waals surface area (Å²) in [5.74, 6) is 0.196. The number of carboxylic acids is 1. The number of carboxylic acid groups (broad SMARTS) is 1. The van der Waals surface area contributed by atoms with Crippen molar-refractivity contribution in [2.45, 2.75) is 38.1 Å². The summed E-state index contributed by atoms with van der Waals surface area (Å²) in [7, 11) is 0. The molecule has 0 bridgehead atoms. The minimum Gasteiger partial charge on any atom is -0.479 e. The van der Waals surface area contributed by atoms with Crippen molar-refractivity contribution in [1.82, 2.24) is 9.55 Å². The second-order valence-electron chi connectivity index (χ2n) is 8.95. The lowest BCUT2D eigenvalue weighted by atomic mass is 9.95. The monoisotopic (exact) mass is 499 g/mol. The molecule has 5 rings (SSSR count). The van der Waals surface area contributed by atoms with Gasteiger partial charge in [-0.25, -0.2) is 9.78 Å². The van der Waals surface area contributed by atoms with E-state index in [0.29, 0.717) is 22.8 Å². The number of amides is 1. The second-order valence-corrected chi connectivity index (χ2v) is 8.95. The van der Waals surface area contributed by atoms with Gasteiger partial charge in [0, 0.05) is 22.3 Å². The van der Waals surface area contributed by atoms with Crippen LogP contribution in [0.2, 0.25) is 0 Å². The van der Waals surface area contributed by atoms with E-state index in [1.807, 2.05) is 30.3 Å². The average molecular weight is 500 g/mol. The minimum absolute atomic E-state index is 0.217. The Morgan fingerprint density at radius 2 is 1.70 bits per heavy atom. The van der Waals surface area contributed by atoms with Crippen LogP contribution in [-0.4, -0.2) is 33.1 Å². The highest BCUT2D eigenvalue weighted by molar-refractivity contribution is 5.98.